The highest BCUT2D eigenvalue weighted by molar-refractivity contribution is 5.80. The van der Waals surface area contributed by atoms with E-state index in [1.54, 1.807) is 0 Å². The largest absolute Gasteiger partial charge is 0.459 e. The van der Waals surface area contributed by atoms with Gasteiger partial charge in [0.05, 0.1) is 17.6 Å². The second-order valence-electron chi connectivity index (χ2n) is 5.81. The Labute approximate surface area is 90.1 Å². The minimum atomic E-state index is -0.421. The Morgan fingerprint density at radius 1 is 1.47 bits per heavy atom. The summed E-state index contributed by atoms with van der Waals surface area (Å²) in [7, 11) is 0. The monoisotopic (exact) mass is 213 g/mol. The maximum atomic E-state index is 11.9. The Hall–Kier alpha value is -0.610. The number of ether oxygens (including phenoxy) is 2. The molecule has 0 unspecified atom stereocenters. The van der Waals surface area contributed by atoms with E-state index in [9.17, 15) is 4.79 Å². The predicted molar refractivity (Wildman–Crippen MR) is 55.2 cm³/mol. The highest BCUT2D eigenvalue weighted by atomic mass is 16.6. The molecule has 0 aromatic rings. The van der Waals surface area contributed by atoms with E-state index in [1.165, 1.54) is 0 Å². The van der Waals surface area contributed by atoms with Crippen LogP contribution in [0, 0.1) is 5.41 Å². The van der Waals surface area contributed by atoms with E-state index in [1.807, 2.05) is 20.8 Å². The van der Waals surface area contributed by atoms with Gasteiger partial charge in [-0.1, -0.05) is 0 Å². The van der Waals surface area contributed by atoms with Gasteiger partial charge in [-0.2, -0.15) is 0 Å². The first-order chi connectivity index (χ1) is 6.81. The van der Waals surface area contributed by atoms with Crippen LogP contribution in [0.4, 0.5) is 0 Å². The van der Waals surface area contributed by atoms with Crippen molar-refractivity contribution in [3.63, 3.8) is 0 Å². The molecule has 0 aromatic carbocycles. The van der Waals surface area contributed by atoms with Gasteiger partial charge in [-0.3, -0.25) is 4.79 Å². The van der Waals surface area contributed by atoms with Crippen LogP contribution in [0.5, 0.6) is 0 Å². The smallest absolute Gasteiger partial charge is 0.315 e. The molecule has 2 aliphatic heterocycles. The number of hydrogen-bond acceptors (Lipinski definition) is 4. The lowest BCUT2D eigenvalue weighted by atomic mass is 9.62. The molecule has 4 nitrogen and oxygen atoms in total. The van der Waals surface area contributed by atoms with Crippen molar-refractivity contribution in [2.75, 3.05) is 13.2 Å². The first-order valence-corrected chi connectivity index (χ1v) is 5.38. The van der Waals surface area contributed by atoms with Crippen LogP contribution in [0.3, 0.4) is 0 Å². The Kier molecular flexibility index (Phi) is 2.14. The molecule has 1 saturated carbocycles. The van der Waals surface area contributed by atoms with Crippen LogP contribution in [0.1, 0.15) is 33.6 Å². The van der Waals surface area contributed by atoms with Crippen molar-refractivity contribution in [3.05, 3.63) is 0 Å². The maximum absolute atomic E-state index is 11.9. The number of hydrogen-bond donors (Lipinski definition) is 1. The fraction of sp³-hybridized carbons (Fsp3) is 0.909. The molecule has 15 heavy (non-hydrogen) atoms. The lowest BCUT2D eigenvalue weighted by molar-refractivity contribution is -0.172. The van der Waals surface area contributed by atoms with E-state index in [-0.39, 0.29) is 11.6 Å². The van der Waals surface area contributed by atoms with Gasteiger partial charge in [0, 0.05) is 6.54 Å². The van der Waals surface area contributed by atoms with Gasteiger partial charge in [-0.25, -0.2) is 0 Å². The molecule has 0 spiro atoms. The van der Waals surface area contributed by atoms with Gasteiger partial charge in [0.25, 0.3) is 0 Å². The first kappa shape index (κ1) is 10.9. The minimum Gasteiger partial charge on any atom is -0.459 e. The van der Waals surface area contributed by atoms with Crippen molar-refractivity contribution in [1.29, 1.82) is 0 Å². The fourth-order valence-electron chi connectivity index (χ4n) is 2.47. The SMILES string of the molecule is CC(C)(C)OC(=O)C12COC(CN)(C1)C2. The second kappa shape index (κ2) is 2.95. The van der Waals surface area contributed by atoms with Crippen molar-refractivity contribution in [2.45, 2.75) is 44.8 Å². The summed E-state index contributed by atoms with van der Waals surface area (Å²) in [6.07, 6.45) is 1.46. The second-order valence-corrected chi connectivity index (χ2v) is 5.81. The molecule has 0 aromatic heterocycles. The Balaban J connectivity index is 2.00. The Morgan fingerprint density at radius 2 is 2.07 bits per heavy atom. The van der Waals surface area contributed by atoms with Gasteiger partial charge in [-0.15, -0.1) is 0 Å². The quantitative estimate of drug-likeness (QED) is 0.690. The first-order valence-electron chi connectivity index (χ1n) is 5.38. The summed E-state index contributed by atoms with van der Waals surface area (Å²) in [5.41, 5.74) is 4.57. The van der Waals surface area contributed by atoms with Gasteiger partial charge in [0.1, 0.15) is 5.60 Å². The number of rotatable bonds is 2. The maximum Gasteiger partial charge on any atom is 0.315 e. The van der Waals surface area contributed by atoms with Crippen LogP contribution in [-0.2, 0) is 14.3 Å². The molecule has 1 aliphatic carbocycles. The van der Waals surface area contributed by atoms with Crippen LogP contribution < -0.4 is 5.73 Å². The number of carbonyl (C=O) groups is 1. The van der Waals surface area contributed by atoms with Crippen molar-refractivity contribution >= 4 is 5.97 Å². The van der Waals surface area contributed by atoms with Gasteiger partial charge >= 0.3 is 5.97 Å². The molecule has 2 heterocycles. The summed E-state index contributed by atoms with van der Waals surface area (Å²) in [5, 5.41) is 0. The van der Waals surface area contributed by atoms with Crippen molar-refractivity contribution in [2.24, 2.45) is 11.1 Å². The van der Waals surface area contributed by atoms with Gasteiger partial charge in [-0.05, 0) is 33.6 Å². The molecule has 0 atom stereocenters. The van der Waals surface area contributed by atoms with Crippen LogP contribution in [0.15, 0.2) is 0 Å². The third kappa shape index (κ3) is 1.66. The van der Waals surface area contributed by atoms with Gasteiger partial charge in [0.2, 0.25) is 0 Å². The summed E-state index contributed by atoms with van der Waals surface area (Å²) in [5.74, 6) is -0.128. The Bertz CT molecular complexity index is 287. The average molecular weight is 213 g/mol. The van der Waals surface area contributed by atoms with Crippen molar-refractivity contribution < 1.29 is 14.3 Å². The standard InChI is InChI=1S/C11H19NO3/c1-9(2,3)15-8(13)10-4-11(5-10,6-12)14-7-10/h4-7,12H2,1-3H3. The van der Waals surface area contributed by atoms with E-state index in [0.29, 0.717) is 13.2 Å². The van der Waals surface area contributed by atoms with Crippen LogP contribution in [-0.4, -0.2) is 30.3 Å². The number of carbonyl (C=O) groups excluding carboxylic acids is 1. The zero-order chi connectivity index (χ0) is 11.3. The average Bonchev–Trinajstić information content (AvgIpc) is 2.54. The third-order valence-electron chi connectivity index (χ3n) is 3.18. The van der Waals surface area contributed by atoms with Crippen molar-refractivity contribution in [3.8, 4) is 0 Å². The van der Waals surface area contributed by atoms with E-state index in [4.69, 9.17) is 15.2 Å². The van der Waals surface area contributed by atoms with Gasteiger partial charge in [0.15, 0.2) is 0 Å². The topological polar surface area (TPSA) is 61.5 Å². The molecule has 0 amide bonds. The number of esters is 1. The predicted octanol–water partition coefficient (Wildman–Crippen LogP) is 0.836. The van der Waals surface area contributed by atoms with E-state index < -0.39 is 11.0 Å². The summed E-state index contributed by atoms with van der Waals surface area (Å²) < 4.78 is 11.0. The van der Waals surface area contributed by atoms with Crippen LogP contribution in [0.2, 0.25) is 0 Å². The van der Waals surface area contributed by atoms with E-state index >= 15 is 0 Å². The highest BCUT2D eigenvalue weighted by Gasteiger charge is 2.66. The summed E-state index contributed by atoms with van der Waals surface area (Å²) in [6.45, 7) is 6.61. The zero-order valence-electron chi connectivity index (χ0n) is 9.63. The van der Waals surface area contributed by atoms with Crippen molar-refractivity contribution in [1.82, 2.24) is 0 Å². The number of nitrogens with two attached hydrogens (primary N) is 1. The molecule has 3 aliphatic rings. The van der Waals surface area contributed by atoms with E-state index in [0.717, 1.165) is 12.8 Å². The Morgan fingerprint density at radius 3 is 2.47 bits per heavy atom. The summed E-state index contributed by atoms with van der Waals surface area (Å²) in [6, 6.07) is 0. The number of fused-ring (bicyclic) bond motifs is 1. The van der Waals surface area contributed by atoms with E-state index in [2.05, 4.69) is 0 Å². The lowest BCUT2D eigenvalue weighted by Gasteiger charge is -2.42. The van der Waals surface area contributed by atoms with Crippen LogP contribution in [0.25, 0.3) is 0 Å². The fourth-order valence-corrected chi connectivity index (χ4v) is 2.47. The summed E-state index contributed by atoms with van der Waals surface area (Å²) in [4.78, 5) is 11.9. The molecule has 4 heteroatoms. The molecule has 86 valence electrons. The lowest BCUT2D eigenvalue weighted by Crippen LogP contribution is -2.54. The zero-order valence-corrected chi connectivity index (χ0v) is 9.63. The molecular weight excluding hydrogens is 194 g/mol. The summed E-state index contributed by atoms with van der Waals surface area (Å²) >= 11 is 0. The molecular formula is C11H19NO3. The van der Waals surface area contributed by atoms with Crippen LogP contribution >= 0.6 is 0 Å². The minimum absolute atomic E-state index is 0.128. The molecule has 2 bridgehead atoms. The molecule has 3 rings (SSSR count). The molecule has 0 radical (unpaired) electrons. The molecule has 2 N–H and O–H groups in total. The third-order valence-corrected chi connectivity index (χ3v) is 3.18. The van der Waals surface area contributed by atoms with Gasteiger partial charge < -0.3 is 15.2 Å². The normalized spacial score (nSPS) is 38.7. The highest BCUT2D eigenvalue weighted by Crippen LogP contribution is 2.58. The molecule has 3 fully saturated rings. The molecule has 2 saturated heterocycles.